The first-order valence-electron chi connectivity index (χ1n) is 9.72. The zero-order valence-corrected chi connectivity index (χ0v) is 17.3. The lowest BCUT2D eigenvalue weighted by atomic mass is 9.96. The van der Waals surface area contributed by atoms with Crippen LogP contribution in [0.4, 0.5) is 0 Å². The van der Waals surface area contributed by atoms with Gasteiger partial charge in [-0.05, 0) is 31.7 Å². The Labute approximate surface area is 173 Å². The largest absolute Gasteiger partial charge is 0.490 e. The molecule has 0 aliphatic carbocycles. The van der Waals surface area contributed by atoms with Gasteiger partial charge in [0.15, 0.2) is 6.29 Å². The molecule has 0 spiro atoms. The molecule has 8 heteroatoms. The predicted molar refractivity (Wildman–Crippen MR) is 108 cm³/mol. The van der Waals surface area contributed by atoms with E-state index >= 15 is 0 Å². The summed E-state index contributed by atoms with van der Waals surface area (Å²) in [7, 11) is 0. The molecular formula is C20H24Cl2N2O4. The van der Waals surface area contributed by atoms with Gasteiger partial charge in [0, 0.05) is 36.7 Å². The van der Waals surface area contributed by atoms with Crippen LogP contribution in [0.3, 0.4) is 0 Å². The van der Waals surface area contributed by atoms with Crippen LogP contribution in [0.2, 0.25) is 10.0 Å². The van der Waals surface area contributed by atoms with E-state index in [0.717, 1.165) is 42.5 Å². The molecule has 2 aliphatic rings. The number of amides is 1. The van der Waals surface area contributed by atoms with E-state index in [-0.39, 0.29) is 18.1 Å². The maximum atomic E-state index is 12.4. The van der Waals surface area contributed by atoms with Crippen LogP contribution >= 0.6 is 23.2 Å². The van der Waals surface area contributed by atoms with Crippen LogP contribution < -0.4 is 10.1 Å². The van der Waals surface area contributed by atoms with Crippen molar-refractivity contribution < 1.29 is 19.0 Å². The fraction of sp³-hybridized carbons (Fsp3) is 0.550. The molecular weight excluding hydrogens is 403 g/mol. The number of aromatic nitrogens is 1. The number of H-pyrrole nitrogens is 1. The second kappa shape index (κ2) is 8.49. The molecule has 1 amide bonds. The minimum Gasteiger partial charge on any atom is -0.490 e. The van der Waals surface area contributed by atoms with Gasteiger partial charge >= 0.3 is 0 Å². The van der Waals surface area contributed by atoms with Crippen molar-refractivity contribution in [3.05, 3.63) is 27.4 Å². The fourth-order valence-electron chi connectivity index (χ4n) is 3.91. The normalized spacial score (nSPS) is 22.6. The number of benzene rings is 1. The number of hydrogen-bond donors (Lipinski definition) is 2. The van der Waals surface area contributed by atoms with Crippen molar-refractivity contribution in [2.24, 2.45) is 0 Å². The summed E-state index contributed by atoms with van der Waals surface area (Å²) in [6, 6.07) is 1.72. The quantitative estimate of drug-likeness (QED) is 0.703. The molecule has 2 aromatic rings. The Morgan fingerprint density at radius 2 is 2.14 bits per heavy atom. The van der Waals surface area contributed by atoms with E-state index in [1.807, 2.05) is 6.92 Å². The van der Waals surface area contributed by atoms with Gasteiger partial charge in [-0.2, -0.15) is 0 Å². The highest BCUT2D eigenvalue weighted by molar-refractivity contribution is 6.45. The Hall–Kier alpha value is -1.47. The molecule has 2 aliphatic heterocycles. The van der Waals surface area contributed by atoms with Crippen molar-refractivity contribution in [3.63, 3.8) is 0 Å². The lowest BCUT2D eigenvalue weighted by molar-refractivity contribution is -0.165. The molecule has 0 radical (unpaired) electrons. The van der Waals surface area contributed by atoms with Crippen LogP contribution in [0.25, 0.3) is 10.9 Å². The number of hydrogen-bond acceptors (Lipinski definition) is 4. The molecule has 3 heterocycles. The molecule has 152 valence electrons. The van der Waals surface area contributed by atoms with E-state index in [9.17, 15) is 4.79 Å². The first kappa shape index (κ1) is 19.8. The number of rotatable bonds is 5. The molecule has 1 aromatic heterocycles. The monoisotopic (exact) mass is 426 g/mol. The van der Waals surface area contributed by atoms with Crippen LogP contribution in [0.1, 0.15) is 43.4 Å². The average Bonchev–Trinajstić information content (AvgIpc) is 3.02. The average molecular weight is 427 g/mol. The Bertz CT molecular complexity index is 877. The molecule has 4 rings (SSSR count). The molecule has 0 saturated carbocycles. The van der Waals surface area contributed by atoms with Crippen molar-refractivity contribution in [3.8, 4) is 5.75 Å². The second-order valence-corrected chi connectivity index (χ2v) is 8.00. The van der Waals surface area contributed by atoms with Gasteiger partial charge in [0.05, 0.1) is 28.1 Å². The summed E-state index contributed by atoms with van der Waals surface area (Å²) in [4.78, 5) is 15.7. The van der Waals surface area contributed by atoms with Crippen LogP contribution in [-0.2, 0) is 20.7 Å². The topological polar surface area (TPSA) is 72.6 Å². The molecule has 6 nitrogen and oxygen atoms in total. The number of carbonyl (C=O) groups is 1. The number of nitrogens with one attached hydrogen (secondary N) is 2. The second-order valence-electron chi connectivity index (χ2n) is 7.22. The molecule has 1 aromatic carbocycles. The molecule has 2 atom stereocenters. The molecule has 28 heavy (non-hydrogen) atoms. The van der Waals surface area contributed by atoms with Crippen molar-refractivity contribution in [2.75, 3.05) is 26.4 Å². The highest BCUT2D eigenvalue weighted by atomic mass is 35.5. The van der Waals surface area contributed by atoms with Crippen molar-refractivity contribution in [1.82, 2.24) is 10.3 Å². The van der Waals surface area contributed by atoms with Crippen molar-refractivity contribution >= 4 is 40.0 Å². The summed E-state index contributed by atoms with van der Waals surface area (Å²) in [6.45, 7) is 3.99. The summed E-state index contributed by atoms with van der Waals surface area (Å²) >= 11 is 12.8. The maximum Gasteiger partial charge on any atom is 0.227 e. The van der Waals surface area contributed by atoms with Crippen LogP contribution in [-0.4, -0.2) is 43.5 Å². The van der Waals surface area contributed by atoms with Gasteiger partial charge in [-0.3, -0.25) is 4.79 Å². The third-order valence-electron chi connectivity index (χ3n) is 5.34. The summed E-state index contributed by atoms with van der Waals surface area (Å²) in [6.07, 6.45) is 3.67. The Balaban J connectivity index is 1.59. The fourth-order valence-corrected chi connectivity index (χ4v) is 4.30. The van der Waals surface area contributed by atoms with Gasteiger partial charge < -0.3 is 24.5 Å². The summed E-state index contributed by atoms with van der Waals surface area (Å²) in [5.74, 6) is 0.295. The molecule has 1 saturated heterocycles. The van der Waals surface area contributed by atoms with E-state index in [1.165, 1.54) is 0 Å². The smallest absolute Gasteiger partial charge is 0.227 e. The Morgan fingerprint density at radius 3 is 2.93 bits per heavy atom. The molecule has 2 unspecified atom stereocenters. The third-order valence-corrected chi connectivity index (χ3v) is 6.12. The standard InChI is InChI=1S/C20H24Cl2N2O4/c1-11-16-13(5-6-23-20(11)25)24-19-17(16)14(10-12(21)18(19)22)26-8-9-28-15-4-2-3-7-27-15/h10-11,15,24H,2-9H2,1H3,(H,23,25). The number of halogens is 2. The van der Waals surface area contributed by atoms with Gasteiger partial charge in [0.1, 0.15) is 12.4 Å². The van der Waals surface area contributed by atoms with E-state index in [2.05, 4.69) is 10.3 Å². The SMILES string of the molecule is CC1C(=O)NCCc2[nH]c3c(Cl)c(Cl)cc(OCCOC4CCCCO4)c3c21. The number of ether oxygens (including phenoxy) is 3. The zero-order valence-electron chi connectivity index (χ0n) is 15.8. The van der Waals surface area contributed by atoms with Gasteiger partial charge in [0.25, 0.3) is 0 Å². The van der Waals surface area contributed by atoms with Crippen molar-refractivity contribution in [2.45, 2.75) is 44.8 Å². The molecule has 1 fully saturated rings. The lowest BCUT2D eigenvalue weighted by Gasteiger charge is -2.22. The Kier molecular flexibility index (Phi) is 6.01. The molecule has 2 N–H and O–H groups in total. The van der Waals surface area contributed by atoms with Gasteiger partial charge in [-0.15, -0.1) is 0 Å². The summed E-state index contributed by atoms with van der Waals surface area (Å²) in [5, 5.41) is 4.61. The van der Waals surface area contributed by atoms with E-state index in [0.29, 0.717) is 47.5 Å². The third kappa shape index (κ3) is 3.83. The van der Waals surface area contributed by atoms with Gasteiger partial charge in [0.2, 0.25) is 5.91 Å². The highest BCUT2D eigenvalue weighted by Crippen LogP contribution is 2.43. The van der Waals surface area contributed by atoms with Crippen LogP contribution in [0.5, 0.6) is 5.75 Å². The lowest BCUT2D eigenvalue weighted by Crippen LogP contribution is -2.26. The van der Waals surface area contributed by atoms with Gasteiger partial charge in [-0.1, -0.05) is 23.2 Å². The van der Waals surface area contributed by atoms with Crippen molar-refractivity contribution in [1.29, 1.82) is 0 Å². The first-order chi connectivity index (χ1) is 13.6. The summed E-state index contributed by atoms with van der Waals surface area (Å²) < 4.78 is 17.3. The van der Waals surface area contributed by atoms with Crippen LogP contribution in [0.15, 0.2) is 6.07 Å². The molecule has 0 bridgehead atoms. The van der Waals surface area contributed by atoms with E-state index < -0.39 is 0 Å². The number of carbonyl (C=O) groups excluding carboxylic acids is 1. The minimum atomic E-state index is -0.308. The number of fused-ring (bicyclic) bond motifs is 3. The number of aromatic amines is 1. The van der Waals surface area contributed by atoms with E-state index in [4.69, 9.17) is 37.4 Å². The Morgan fingerprint density at radius 1 is 1.29 bits per heavy atom. The van der Waals surface area contributed by atoms with Crippen LogP contribution in [0, 0.1) is 0 Å². The predicted octanol–water partition coefficient (Wildman–Crippen LogP) is 4.17. The minimum absolute atomic E-state index is 0.00514. The highest BCUT2D eigenvalue weighted by Gasteiger charge is 2.29. The van der Waals surface area contributed by atoms with Gasteiger partial charge in [-0.25, -0.2) is 0 Å². The maximum absolute atomic E-state index is 12.4. The summed E-state index contributed by atoms with van der Waals surface area (Å²) in [5.41, 5.74) is 2.63. The first-order valence-corrected chi connectivity index (χ1v) is 10.5. The van der Waals surface area contributed by atoms with E-state index in [1.54, 1.807) is 6.07 Å². The zero-order chi connectivity index (χ0) is 19.7.